The topological polar surface area (TPSA) is 90.0 Å². The molecule has 3 amide bonds. The first-order chi connectivity index (χ1) is 9.73. The predicted octanol–water partition coefficient (Wildman–Crippen LogP) is 0.997. The Balaban J connectivity index is 4.71. The van der Waals surface area contributed by atoms with Crippen molar-refractivity contribution in [2.75, 3.05) is 33.7 Å². The van der Waals surface area contributed by atoms with Crippen molar-refractivity contribution < 1.29 is 19.5 Å². The van der Waals surface area contributed by atoms with Gasteiger partial charge in [0.1, 0.15) is 6.54 Å². The van der Waals surface area contributed by atoms with Crippen molar-refractivity contribution in [3.8, 4) is 0 Å². The molecule has 0 aliphatic carbocycles. The average Bonchev–Trinajstić information content (AvgIpc) is 2.45. The fourth-order valence-electron chi connectivity index (χ4n) is 1.87. The molecule has 122 valence electrons. The molecule has 0 aromatic carbocycles. The Hall–Kier alpha value is -1.79. The lowest BCUT2D eigenvalue weighted by Crippen LogP contribution is -2.49. The second-order valence-corrected chi connectivity index (χ2v) is 5.25. The van der Waals surface area contributed by atoms with E-state index in [1.165, 1.54) is 9.80 Å². The van der Waals surface area contributed by atoms with Crippen LogP contribution in [0.25, 0.3) is 0 Å². The summed E-state index contributed by atoms with van der Waals surface area (Å²) < 4.78 is 0. The molecule has 21 heavy (non-hydrogen) atoms. The Morgan fingerprint density at radius 3 is 1.95 bits per heavy atom. The minimum absolute atomic E-state index is 0.0202. The zero-order valence-corrected chi connectivity index (χ0v) is 13.6. The van der Waals surface area contributed by atoms with Crippen LogP contribution in [0.1, 0.15) is 33.6 Å². The summed E-state index contributed by atoms with van der Waals surface area (Å²) >= 11 is 0. The van der Waals surface area contributed by atoms with Crippen LogP contribution in [0.3, 0.4) is 0 Å². The van der Waals surface area contributed by atoms with Crippen molar-refractivity contribution in [3.05, 3.63) is 0 Å². The van der Waals surface area contributed by atoms with Crippen LogP contribution in [0.15, 0.2) is 0 Å². The highest BCUT2D eigenvalue weighted by atomic mass is 16.4. The molecule has 0 rings (SSSR count). The van der Waals surface area contributed by atoms with Crippen LogP contribution in [0, 0.1) is 5.41 Å². The lowest BCUT2D eigenvalue weighted by atomic mass is 9.82. The molecule has 0 unspecified atom stereocenters. The molecule has 0 saturated carbocycles. The molecule has 7 heteroatoms. The molecule has 0 bridgehead atoms. The van der Waals surface area contributed by atoms with Crippen LogP contribution in [0.5, 0.6) is 0 Å². The maximum atomic E-state index is 12.1. The summed E-state index contributed by atoms with van der Waals surface area (Å²) in [6.07, 6.45) is 0.865. The Bertz CT molecular complexity index is 378. The predicted molar refractivity (Wildman–Crippen MR) is 80.0 cm³/mol. The number of carbonyl (C=O) groups excluding carboxylic acids is 2. The second-order valence-electron chi connectivity index (χ2n) is 5.25. The van der Waals surface area contributed by atoms with Crippen molar-refractivity contribution in [2.24, 2.45) is 5.41 Å². The minimum atomic E-state index is -0.958. The molecule has 0 aliphatic rings. The molecule has 0 aliphatic heterocycles. The van der Waals surface area contributed by atoms with E-state index < -0.39 is 17.4 Å². The van der Waals surface area contributed by atoms with E-state index in [0.717, 1.165) is 0 Å². The molecule has 0 saturated heterocycles. The van der Waals surface area contributed by atoms with Crippen molar-refractivity contribution in [1.82, 2.24) is 15.1 Å². The van der Waals surface area contributed by atoms with Gasteiger partial charge in [0.15, 0.2) is 0 Å². The van der Waals surface area contributed by atoms with Gasteiger partial charge >= 0.3 is 12.0 Å². The third kappa shape index (κ3) is 5.24. The third-order valence-corrected chi connectivity index (χ3v) is 3.88. The highest BCUT2D eigenvalue weighted by Gasteiger charge is 2.35. The molecule has 0 atom stereocenters. The number of carboxylic acid groups (broad SMARTS) is 1. The van der Waals surface area contributed by atoms with E-state index in [-0.39, 0.29) is 19.0 Å². The van der Waals surface area contributed by atoms with Crippen molar-refractivity contribution >= 4 is 17.9 Å². The van der Waals surface area contributed by atoms with E-state index in [4.69, 9.17) is 0 Å². The summed E-state index contributed by atoms with van der Waals surface area (Å²) in [7, 11) is 3.25. The molecule has 0 spiro atoms. The Labute approximate surface area is 126 Å². The van der Waals surface area contributed by atoms with Gasteiger partial charge in [-0.3, -0.25) is 9.59 Å². The standard InChI is InChI=1S/C14H27N3O4/c1-6-14(7-2,12(19)20)10-15-13(21)17(8-3)9-11(18)16(4)5/h6-10H2,1-5H3,(H,15,21)(H,19,20). The smallest absolute Gasteiger partial charge is 0.317 e. The van der Waals surface area contributed by atoms with Gasteiger partial charge in [-0.1, -0.05) is 13.8 Å². The SMILES string of the molecule is CCN(CC(=O)N(C)C)C(=O)NCC(CC)(CC)C(=O)O. The maximum absolute atomic E-state index is 12.1. The van der Waals surface area contributed by atoms with E-state index >= 15 is 0 Å². The Morgan fingerprint density at radius 2 is 1.62 bits per heavy atom. The van der Waals surface area contributed by atoms with Gasteiger partial charge in [0.05, 0.1) is 5.41 Å². The number of carboxylic acids is 1. The summed E-state index contributed by atoms with van der Waals surface area (Å²) in [4.78, 5) is 37.9. The highest BCUT2D eigenvalue weighted by molar-refractivity contribution is 5.84. The van der Waals surface area contributed by atoms with Crippen molar-refractivity contribution in [1.29, 1.82) is 0 Å². The van der Waals surface area contributed by atoms with Crippen LogP contribution < -0.4 is 5.32 Å². The number of hydrogen-bond acceptors (Lipinski definition) is 3. The Kier molecular flexibility index (Phi) is 7.76. The maximum Gasteiger partial charge on any atom is 0.317 e. The molecule has 0 aromatic heterocycles. The summed E-state index contributed by atoms with van der Waals surface area (Å²) in [5.41, 5.74) is -0.958. The van der Waals surface area contributed by atoms with Crippen LogP contribution in [0.2, 0.25) is 0 Å². The number of urea groups is 1. The van der Waals surface area contributed by atoms with E-state index in [1.54, 1.807) is 34.9 Å². The average molecular weight is 301 g/mol. The first kappa shape index (κ1) is 19.2. The molecular weight excluding hydrogens is 274 g/mol. The van der Waals surface area contributed by atoms with Gasteiger partial charge in [0.2, 0.25) is 5.91 Å². The molecule has 2 N–H and O–H groups in total. The van der Waals surface area contributed by atoms with Crippen LogP contribution in [-0.2, 0) is 9.59 Å². The van der Waals surface area contributed by atoms with Gasteiger partial charge in [-0.15, -0.1) is 0 Å². The molecule has 0 aromatic rings. The fraction of sp³-hybridized carbons (Fsp3) is 0.786. The quantitative estimate of drug-likeness (QED) is 0.700. The van der Waals surface area contributed by atoms with Gasteiger partial charge in [-0.05, 0) is 19.8 Å². The molecular formula is C14H27N3O4. The number of aliphatic carboxylic acids is 1. The minimum Gasteiger partial charge on any atom is -0.481 e. The molecule has 0 radical (unpaired) electrons. The summed E-state index contributed by atoms with van der Waals surface area (Å²) in [5, 5.41) is 12.0. The van der Waals surface area contributed by atoms with Crippen LogP contribution in [0.4, 0.5) is 4.79 Å². The van der Waals surface area contributed by atoms with Gasteiger partial charge in [-0.2, -0.15) is 0 Å². The summed E-state index contributed by atoms with van der Waals surface area (Å²) in [5.74, 6) is -1.09. The number of likely N-dealkylation sites (N-methyl/N-ethyl adjacent to an activating group) is 2. The largest absolute Gasteiger partial charge is 0.481 e. The van der Waals surface area contributed by atoms with Crippen LogP contribution >= 0.6 is 0 Å². The van der Waals surface area contributed by atoms with Crippen LogP contribution in [-0.4, -0.2) is 66.5 Å². The zero-order valence-electron chi connectivity index (χ0n) is 13.6. The number of rotatable bonds is 8. The van der Waals surface area contributed by atoms with Gasteiger partial charge in [0, 0.05) is 27.2 Å². The summed E-state index contributed by atoms with van der Waals surface area (Å²) in [6.45, 7) is 5.76. The first-order valence-corrected chi connectivity index (χ1v) is 7.20. The van der Waals surface area contributed by atoms with Gasteiger partial charge < -0.3 is 20.2 Å². The van der Waals surface area contributed by atoms with E-state index in [9.17, 15) is 19.5 Å². The summed E-state index contributed by atoms with van der Waals surface area (Å²) in [6, 6.07) is -0.416. The third-order valence-electron chi connectivity index (χ3n) is 3.88. The Morgan fingerprint density at radius 1 is 1.10 bits per heavy atom. The van der Waals surface area contributed by atoms with E-state index in [0.29, 0.717) is 19.4 Å². The molecule has 0 fully saturated rings. The number of amides is 3. The fourth-order valence-corrected chi connectivity index (χ4v) is 1.87. The molecule has 0 heterocycles. The lowest BCUT2D eigenvalue weighted by Gasteiger charge is -2.29. The number of nitrogens with zero attached hydrogens (tertiary/aromatic N) is 2. The highest BCUT2D eigenvalue weighted by Crippen LogP contribution is 2.25. The first-order valence-electron chi connectivity index (χ1n) is 7.20. The number of nitrogens with one attached hydrogen (secondary N) is 1. The van der Waals surface area contributed by atoms with Crippen molar-refractivity contribution in [2.45, 2.75) is 33.6 Å². The number of hydrogen-bond donors (Lipinski definition) is 2. The van der Waals surface area contributed by atoms with Gasteiger partial charge in [-0.25, -0.2) is 4.79 Å². The lowest BCUT2D eigenvalue weighted by molar-refractivity contribution is -0.149. The second kappa shape index (κ2) is 8.49. The molecule has 7 nitrogen and oxygen atoms in total. The number of carbonyl (C=O) groups is 3. The van der Waals surface area contributed by atoms with E-state index in [1.807, 2.05) is 0 Å². The normalized spacial score (nSPS) is 10.9. The van der Waals surface area contributed by atoms with E-state index in [2.05, 4.69) is 5.32 Å². The van der Waals surface area contributed by atoms with Crippen molar-refractivity contribution in [3.63, 3.8) is 0 Å². The zero-order chi connectivity index (χ0) is 16.6. The van der Waals surface area contributed by atoms with Gasteiger partial charge in [0.25, 0.3) is 0 Å². The monoisotopic (exact) mass is 301 g/mol.